The van der Waals surface area contributed by atoms with E-state index < -0.39 is 17.9 Å². The number of carbonyl (C=O) groups excluding carboxylic acids is 4. The van der Waals surface area contributed by atoms with Crippen molar-refractivity contribution in [2.75, 3.05) is 0 Å². The number of rotatable bonds is 4. The molecule has 148 valence electrons. The van der Waals surface area contributed by atoms with Crippen molar-refractivity contribution < 1.29 is 19.2 Å². The molecule has 4 amide bonds. The number of aromatic amines is 1. The zero-order valence-corrected chi connectivity index (χ0v) is 15.4. The minimum Gasteiger partial charge on any atom is -0.367 e. The number of nitrogens with one attached hydrogen (secondary N) is 3. The maximum Gasteiger partial charge on any atom is 0.257 e. The molecule has 1 aromatic heterocycles. The van der Waals surface area contributed by atoms with Gasteiger partial charge >= 0.3 is 0 Å². The largest absolute Gasteiger partial charge is 0.367 e. The number of pyridine rings is 1. The lowest BCUT2D eigenvalue weighted by atomic mass is 10.0. The first-order chi connectivity index (χ1) is 13.9. The SMILES string of the molecule is O=C1CCC(N2Cc3ccc(CNC(=O)c4c[nH]ccc4=O)cc3C2=O)C(=O)N1. The highest BCUT2D eigenvalue weighted by Crippen LogP contribution is 2.28. The normalized spacial score (nSPS) is 18.4. The molecule has 9 nitrogen and oxygen atoms in total. The molecule has 9 heteroatoms. The predicted molar refractivity (Wildman–Crippen MR) is 101 cm³/mol. The van der Waals surface area contributed by atoms with Gasteiger partial charge in [-0.1, -0.05) is 12.1 Å². The molecule has 3 N–H and O–H groups in total. The van der Waals surface area contributed by atoms with Crippen molar-refractivity contribution in [1.29, 1.82) is 0 Å². The van der Waals surface area contributed by atoms with Crippen LogP contribution in [0, 0.1) is 0 Å². The van der Waals surface area contributed by atoms with Crippen LogP contribution in [0.15, 0.2) is 41.5 Å². The highest BCUT2D eigenvalue weighted by molar-refractivity contribution is 6.05. The van der Waals surface area contributed by atoms with E-state index in [1.807, 2.05) is 0 Å². The van der Waals surface area contributed by atoms with Crippen molar-refractivity contribution in [2.24, 2.45) is 0 Å². The summed E-state index contributed by atoms with van der Waals surface area (Å²) in [6.07, 6.45) is 3.28. The van der Waals surface area contributed by atoms with Gasteiger partial charge in [0.1, 0.15) is 11.6 Å². The van der Waals surface area contributed by atoms with E-state index in [1.165, 1.54) is 23.4 Å². The second-order valence-corrected chi connectivity index (χ2v) is 7.00. The van der Waals surface area contributed by atoms with Crippen LogP contribution in [0.2, 0.25) is 0 Å². The maximum absolute atomic E-state index is 12.8. The van der Waals surface area contributed by atoms with Crippen LogP contribution in [0.25, 0.3) is 0 Å². The molecule has 0 aliphatic carbocycles. The molecule has 1 unspecified atom stereocenters. The average Bonchev–Trinajstić information content (AvgIpc) is 3.02. The molecule has 0 bridgehead atoms. The number of fused-ring (bicyclic) bond motifs is 1. The number of hydrogen-bond donors (Lipinski definition) is 3. The highest BCUT2D eigenvalue weighted by Gasteiger charge is 2.39. The minimum atomic E-state index is -0.666. The topological polar surface area (TPSA) is 128 Å². The number of imide groups is 1. The first kappa shape index (κ1) is 18.6. The molecule has 1 fully saturated rings. The quantitative estimate of drug-likeness (QED) is 0.632. The van der Waals surface area contributed by atoms with E-state index in [0.717, 1.165) is 5.56 Å². The fraction of sp³-hybridized carbons (Fsp3) is 0.250. The first-order valence-corrected chi connectivity index (χ1v) is 9.16. The molecule has 4 rings (SSSR count). The van der Waals surface area contributed by atoms with Gasteiger partial charge in [0, 0.05) is 43.5 Å². The summed E-state index contributed by atoms with van der Waals surface area (Å²) in [6, 6.07) is 5.86. The van der Waals surface area contributed by atoms with Crippen molar-refractivity contribution in [3.05, 3.63) is 69.1 Å². The summed E-state index contributed by atoms with van der Waals surface area (Å²) in [6.45, 7) is 0.443. The summed E-state index contributed by atoms with van der Waals surface area (Å²) in [4.78, 5) is 64.3. The number of amides is 4. The van der Waals surface area contributed by atoms with E-state index in [0.29, 0.717) is 24.1 Å². The zero-order chi connectivity index (χ0) is 20.5. The Morgan fingerprint density at radius 1 is 1.17 bits per heavy atom. The molecule has 0 saturated carbocycles. The van der Waals surface area contributed by atoms with Crippen molar-refractivity contribution >= 4 is 23.6 Å². The number of hydrogen-bond acceptors (Lipinski definition) is 5. The molecule has 29 heavy (non-hydrogen) atoms. The summed E-state index contributed by atoms with van der Waals surface area (Å²) in [5, 5.41) is 4.93. The van der Waals surface area contributed by atoms with Crippen molar-refractivity contribution in [2.45, 2.75) is 32.0 Å². The van der Waals surface area contributed by atoms with Gasteiger partial charge in [-0.15, -0.1) is 0 Å². The van der Waals surface area contributed by atoms with Crippen LogP contribution in [0.1, 0.15) is 44.7 Å². The van der Waals surface area contributed by atoms with Gasteiger partial charge in [-0.2, -0.15) is 0 Å². The van der Waals surface area contributed by atoms with Gasteiger partial charge < -0.3 is 15.2 Å². The molecule has 3 heterocycles. The average molecular weight is 394 g/mol. The van der Waals surface area contributed by atoms with Gasteiger partial charge in [-0.3, -0.25) is 29.3 Å². The van der Waals surface area contributed by atoms with Gasteiger partial charge in [0.2, 0.25) is 11.8 Å². The number of H-pyrrole nitrogens is 1. The molecule has 1 saturated heterocycles. The van der Waals surface area contributed by atoms with E-state index in [4.69, 9.17) is 0 Å². The standard InChI is InChI=1S/C20H18N4O5/c25-16-5-6-21-9-14(16)18(27)22-8-11-1-2-12-10-24(20(29)13(12)7-11)15-3-4-17(26)23-19(15)28/h1-2,5-7,9,15H,3-4,8,10H2,(H,21,25)(H,22,27)(H,23,26,28). The fourth-order valence-corrected chi connectivity index (χ4v) is 3.58. The van der Waals surface area contributed by atoms with Crippen LogP contribution < -0.4 is 16.1 Å². The molecule has 2 aromatic rings. The molecule has 2 aliphatic rings. The van der Waals surface area contributed by atoms with Crippen LogP contribution in [0.5, 0.6) is 0 Å². The molecular formula is C20H18N4O5. The lowest BCUT2D eigenvalue weighted by Crippen LogP contribution is -2.52. The molecule has 1 atom stereocenters. The van der Waals surface area contributed by atoms with E-state index in [2.05, 4.69) is 15.6 Å². The number of benzene rings is 1. The molecule has 0 radical (unpaired) electrons. The third kappa shape index (κ3) is 3.54. The van der Waals surface area contributed by atoms with Gasteiger partial charge in [0.15, 0.2) is 5.43 Å². The van der Waals surface area contributed by atoms with Crippen LogP contribution in [-0.2, 0) is 22.7 Å². The summed E-state index contributed by atoms with van der Waals surface area (Å²) in [7, 11) is 0. The Balaban J connectivity index is 1.46. The maximum atomic E-state index is 12.8. The summed E-state index contributed by atoms with van der Waals surface area (Å²) in [5.74, 6) is -1.57. The Kier molecular flexibility index (Phi) is 4.71. The smallest absolute Gasteiger partial charge is 0.257 e. The van der Waals surface area contributed by atoms with E-state index in [1.54, 1.807) is 18.2 Å². The van der Waals surface area contributed by atoms with E-state index in [-0.39, 0.29) is 35.8 Å². The Labute approximate surface area is 165 Å². The third-order valence-electron chi connectivity index (χ3n) is 5.11. The number of carbonyl (C=O) groups is 4. The molecule has 1 aromatic carbocycles. The Morgan fingerprint density at radius 2 is 2.00 bits per heavy atom. The van der Waals surface area contributed by atoms with Gasteiger partial charge in [0.05, 0.1) is 0 Å². The fourth-order valence-electron chi connectivity index (χ4n) is 3.58. The summed E-state index contributed by atoms with van der Waals surface area (Å²) < 4.78 is 0. The Morgan fingerprint density at radius 3 is 2.76 bits per heavy atom. The van der Waals surface area contributed by atoms with Crippen LogP contribution in [0.3, 0.4) is 0 Å². The summed E-state index contributed by atoms with van der Waals surface area (Å²) in [5.41, 5.74) is 1.58. The third-order valence-corrected chi connectivity index (χ3v) is 5.11. The Hall–Kier alpha value is -3.75. The lowest BCUT2D eigenvalue weighted by Gasteiger charge is -2.29. The zero-order valence-electron chi connectivity index (χ0n) is 15.4. The summed E-state index contributed by atoms with van der Waals surface area (Å²) >= 11 is 0. The number of nitrogens with zero attached hydrogens (tertiary/aromatic N) is 1. The van der Waals surface area contributed by atoms with E-state index >= 15 is 0 Å². The van der Waals surface area contributed by atoms with Crippen molar-refractivity contribution in [1.82, 2.24) is 20.5 Å². The molecule has 2 aliphatic heterocycles. The molecular weight excluding hydrogens is 376 g/mol. The van der Waals surface area contributed by atoms with Crippen LogP contribution >= 0.6 is 0 Å². The Bertz CT molecular complexity index is 1090. The van der Waals surface area contributed by atoms with Crippen molar-refractivity contribution in [3.63, 3.8) is 0 Å². The number of piperidine rings is 1. The van der Waals surface area contributed by atoms with Gasteiger partial charge in [0.25, 0.3) is 11.8 Å². The minimum absolute atomic E-state index is 0.00812. The van der Waals surface area contributed by atoms with Crippen LogP contribution in [-0.4, -0.2) is 39.6 Å². The highest BCUT2D eigenvalue weighted by atomic mass is 16.2. The first-order valence-electron chi connectivity index (χ1n) is 9.16. The van der Waals surface area contributed by atoms with E-state index in [9.17, 15) is 24.0 Å². The van der Waals surface area contributed by atoms with Crippen molar-refractivity contribution in [3.8, 4) is 0 Å². The monoisotopic (exact) mass is 394 g/mol. The second kappa shape index (κ2) is 7.34. The number of aromatic nitrogens is 1. The molecule has 0 spiro atoms. The lowest BCUT2D eigenvalue weighted by molar-refractivity contribution is -0.136. The second-order valence-electron chi connectivity index (χ2n) is 7.00. The van der Waals surface area contributed by atoms with Crippen LogP contribution in [0.4, 0.5) is 0 Å². The van der Waals surface area contributed by atoms with Gasteiger partial charge in [-0.25, -0.2) is 0 Å². The van der Waals surface area contributed by atoms with Gasteiger partial charge in [-0.05, 0) is 23.6 Å². The predicted octanol–water partition coefficient (Wildman–Crippen LogP) is 0.0659.